The van der Waals surface area contributed by atoms with Gasteiger partial charge < -0.3 is 35.0 Å². The number of aliphatic hydroxyl groups is 1. The number of hydrogen-bond acceptors (Lipinski definition) is 7. The summed E-state index contributed by atoms with van der Waals surface area (Å²) in [7, 11) is 0. The average Bonchev–Trinajstić information content (AvgIpc) is 3.46. The number of nitrogens with one attached hydrogen (secondary N) is 2. The highest BCUT2D eigenvalue weighted by atomic mass is 16.7. The van der Waals surface area contributed by atoms with Crippen molar-refractivity contribution in [2.45, 2.75) is 56.5 Å². The van der Waals surface area contributed by atoms with Crippen molar-refractivity contribution < 1.29 is 24.2 Å². The third-order valence-corrected chi connectivity index (χ3v) is 9.91. The molecule has 0 aromatic heterocycles. The van der Waals surface area contributed by atoms with Crippen molar-refractivity contribution in [2.75, 3.05) is 31.2 Å². The molecule has 2 amide bonds. The molecule has 3 unspecified atom stereocenters. The van der Waals surface area contributed by atoms with E-state index in [1.54, 1.807) is 12.1 Å². The summed E-state index contributed by atoms with van der Waals surface area (Å²) in [6, 6.07) is 35.3. The Bertz CT molecular complexity index is 1680. The van der Waals surface area contributed by atoms with Gasteiger partial charge in [-0.15, -0.1) is 0 Å². The summed E-state index contributed by atoms with van der Waals surface area (Å²) in [4.78, 5) is 30.4. The van der Waals surface area contributed by atoms with Gasteiger partial charge in [0.2, 0.25) is 5.91 Å². The number of carbonyl (C=O) groups excluding carboxylic acids is 2. The summed E-state index contributed by atoms with van der Waals surface area (Å²) < 4.78 is 13.2. The minimum atomic E-state index is -0.565. The third-order valence-electron chi connectivity index (χ3n) is 9.91. The maximum Gasteiger partial charge on any atom is 0.251 e. The molecule has 3 fully saturated rings. The van der Waals surface area contributed by atoms with Crippen molar-refractivity contribution >= 4 is 17.5 Å². The number of para-hydroxylation sites is 1. The van der Waals surface area contributed by atoms with Gasteiger partial charge in [0.1, 0.15) is 5.54 Å². The molecule has 3 aliphatic rings. The second-order valence-electron chi connectivity index (χ2n) is 12.9. The number of likely N-dealkylation sites (tertiary alicyclic amines) is 1. The van der Waals surface area contributed by atoms with Gasteiger partial charge in [-0.1, -0.05) is 84.9 Å². The minimum absolute atomic E-state index is 0.00546. The second-order valence-corrected chi connectivity index (χ2v) is 12.9. The first-order valence-corrected chi connectivity index (χ1v) is 16.8. The number of rotatable bonds is 9. The van der Waals surface area contributed by atoms with Gasteiger partial charge >= 0.3 is 0 Å². The topological polar surface area (TPSA) is 103 Å². The molecule has 9 heteroatoms. The normalized spacial score (nSPS) is 22.4. The lowest BCUT2D eigenvalue weighted by Crippen LogP contribution is -2.57. The fourth-order valence-electron chi connectivity index (χ4n) is 7.13. The molecule has 3 heterocycles. The van der Waals surface area contributed by atoms with Gasteiger partial charge in [0.25, 0.3) is 5.91 Å². The number of piperidine rings is 1. The molecule has 9 nitrogen and oxygen atoms in total. The highest BCUT2D eigenvalue weighted by Crippen LogP contribution is 2.40. The number of hydrogen-bond donors (Lipinski definition) is 3. The van der Waals surface area contributed by atoms with Gasteiger partial charge in [0, 0.05) is 49.4 Å². The Morgan fingerprint density at radius 3 is 2.17 bits per heavy atom. The van der Waals surface area contributed by atoms with Gasteiger partial charge in [0.05, 0.1) is 25.5 Å². The molecular formula is C39H42N4O5. The molecule has 248 valence electrons. The SMILES string of the molecule is O=C(NCc1ccc(C2OC(CN3CCC4(CC3)C(=O)NCN4c3ccccc3)CC(c3ccc(CO)cc3)O2)cc1)c1ccccc1. The number of anilines is 1. The maximum atomic E-state index is 13.2. The van der Waals surface area contributed by atoms with Crippen LogP contribution in [0.4, 0.5) is 5.69 Å². The molecule has 7 rings (SSSR count). The molecule has 3 atom stereocenters. The molecule has 3 aliphatic heterocycles. The van der Waals surface area contributed by atoms with Gasteiger partial charge in [-0.3, -0.25) is 9.59 Å². The summed E-state index contributed by atoms with van der Waals surface area (Å²) in [6.07, 6.45) is 1.34. The van der Waals surface area contributed by atoms with Crippen LogP contribution in [0.1, 0.15) is 64.3 Å². The molecule has 0 aliphatic carbocycles. The summed E-state index contributed by atoms with van der Waals surface area (Å²) in [5.41, 5.74) is 4.96. The molecule has 4 aromatic rings. The van der Waals surface area contributed by atoms with Crippen LogP contribution >= 0.6 is 0 Å². The van der Waals surface area contributed by atoms with E-state index in [-0.39, 0.29) is 30.6 Å². The van der Waals surface area contributed by atoms with E-state index in [1.165, 1.54) is 0 Å². The van der Waals surface area contributed by atoms with E-state index in [2.05, 4.69) is 32.6 Å². The number of nitrogens with zero attached hydrogens (tertiary/aromatic N) is 2. The Labute approximate surface area is 281 Å². The van der Waals surface area contributed by atoms with Crippen molar-refractivity contribution in [3.63, 3.8) is 0 Å². The standard InChI is InChI=1S/C39H42N4O5/c44-26-29-13-15-30(16-14-29)35-23-34(25-42-21-19-39(20-22-42)38(46)41-27-43(39)33-9-5-2-6-10-33)47-37(48-35)32-17-11-28(12-18-32)24-40-36(45)31-7-3-1-4-8-31/h1-18,34-35,37,44H,19-27H2,(H,40,45)(H,41,46). The summed E-state index contributed by atoms with van der Waals surface area (Å²) in [5.74, 6) is 0.00402. The smallest absolute Gasteiger partial charge is 0.251 e. The molecule has 1 spiro atoms. The van der Waals surface area contributed by atoms with Crippen LogP contribution in [0.5, 0.6) is 0 Å². The largest absolute Gasteiger partial charge is 0.392 e. The first-order chi connectivity index (χ1) is 23.5. The van der Waals surface area contributed by atoms with Gasteiger partial charge in [-0.25, -0.2) is 0 Å². The fourth-order valence-corrected chi connectivity index (χ4v) is 7.13. The first-order valence-electron chi connectivity index (χ1n) is 16.8. The number of carbonyl (C=O) groups is 2. The van der Waals surface area contributed by atoms with E-state index >= 15 is 0 Å². The first kappa shape index (κ1) is 32.0. The highest BCUT2D eigenvalue weighted by molar-refractivity contribution is 5.94. The number of benzene rings is 4. The van der Waals surface area contributed by atoms with Crippen molar-refractivity contribution in [3.8, 4) is 0 Å². The van der Waals surface area contributed by atoms with Crippen molar-refractivity contribution in [1.29, 1.82) is 0 Å². The molecule has 3 saturated heterocycles. The van der Waals surface area contributed by atoms with Crippen LogP contribution in [0.2, 0.25) is 0 Å². The molecule has 0 bridgehead atoms. The Hall–Kier alpha value is -4.54. The maximum absolute atomic E-state index is 13.2. The van der Waals surface area contributed by atoms with E-state index in [4.69, 9.17) is 9.47 Å². The van der Waals surface area contributed by atoms with Crippen LogP contribution in [-0.4, -0.2) is 59.8 Å². The van der Waals surface area contributed by atoms with Crippen molar-refractivity contribution in [2.24, 2.45) is 0 Å². The van der Waals surface area contributed by atoms with E-state index in [0.29, 0.717) is 25.2 Å². The van der Waals surface area contributed by atoms with E-state index in [9.17, 15) is 14.7 Å². The second kappa shape index (κ2) is 14.3. The third kappa shape index (κ3) is 6.86. The van der Waals surface area contributed by atoms with Crippen LogP contribution in [-0.2, 0) is 27.4 Å². The Balaban J connectivity index is 1.03. The lowest BCUT2D eigenvalue weighted by molar-refractivity contribution is -0.253. The zero-order chi connectivity index (χ0) is 32.9. The highest BCUT2D eigenvalue weighted by Gasteiger charge is 2.50. The lowest BCUT2D eigenvalue weighted by Gasteiger charge is -2.45. The monoisotopic (exact) mass is 646 g/mol. The number of ether oxygens (including phenoxy) is 2. The van der Waals surface area contributed by atoms with Crippen LogP contribution in [0.15, 0.2) is 109 Å². The van der Waals surface area contributed by atoms with Crippen LogP contribution < -0.4 is 15.5 Å². The van der Waals surface area contributed by atoms with Gasteiger partial charge in [-0.05, 0) is 53.8 Å². The zero-order valence-corrected chi connectivity index (χ0v) is 27.0. The average molecular weight is 647 g/mol. The predicted molar refractivity (Wildman–Crippen MR) is 183 cm³/mol. The Kier molecular flexibility index (Phi) is 9.54. The van der Waals surface area contributed by atoms with E-state index < -0.39 is 11.8 Å². The van der Waals surface area contributed by atoms with Crippen molar-refractivity contribution in [3.05, 3.63) is 137 Å². The minimum Gasteiger partial charge on any atom is -0.392 e. The summed E-state index contributed by atoms with van der Waals surface area (Å²) in [6.45, 7) is 3.26. The lowest BCUT2D eigenvalue weighted by atomic mass is 9.85. The molecule has 4 aromatic carbocycles. The Morgan fingerprint density at radius 2 is 1.48 bits per heavy atom. The fraction of sp³-hybridized carbons (Fsp3) is 0.333. The van der Waals surface area contributed by atoms with E-state index in [0.717, 1.165) is 60.4 Å². The summed E-state index contributed by atoms with van der Waals surface area (Å²) in [5, 5.41) is 15.7. The van der Waals surface area contributed by atoms with Crippen LogP contribution in [0, 0.1) is 0 Å². The van der Waals surface area contributed by atoms with Crippen molar-refractivity contribution in [1.82, 2.24) is 15.5 Å². The zero-order valence-electron chi connectivity index (χ0n) is 27.0. The van der Waals surface area contributed by atoms with Crippen LogP contribution in [0.25, 0.3) is 0 Å². The molecule has 48 heavy (non-hydrogen) atoms. The number of amides is 2. The van der Waals surface area contributed by atoms with Gasteiger partial charge in [0.15, 0.2) is 6.29 Å². The van der Waals surface area contributed by atoms with Gasteiger partial charge in [-0.2, -0.15) is 0 Å². The molecule has 3 N–H and O–H groups in total. The van der Waals surface area contributed by atoms with E-state index in [1.807, 2.05) is 84.9 Å². The Morgan fingerprint density at radius 1 is 0.833 bits per heavy atom. The quantitative estimate of drug-likeness (QED) is 0.233. The summed E-state index contributed by atoms with van der Waals surface area (Å²) >= 11 is 0. The molecule has 0 radical (unpaired) electrons. The number of aliphatic hydroxyl groups excluding tert-OH is 1. The molecular weight excluding hydrogens is 604 g/mol. The predicted octanol–water partition coefficient (Wildman–Crippen LogP) is 5.08. The van der Waals surface area contributed by atoms with Crippen LogP contribution in [0.3, 0.4) is 0 Å². The molecule has 0 saturated carbocycles.